The van der Waals surface area contributed by atoms with Crippen molar-refractivity contribution in [3.8, 4) is 11.1 Å². The molecule has 0 aliphatic carbocycles. The second kappa shape index (κ2) is 5.92. The van der Waals surface area contributed by atoms with Crippen molar-refractivity contribution < 1.29 is 0 Å². The summed E-state index contributed by atoms with van der Waals surface area (Å²) in [5.41, 5.74) is 4.16. The summed E-state index contributed by atoms with van der Waals surface area (Å²) in [6, 6.07) is 16.2. The van der Waals surface area contributed by atoms with Crippen LogP contribution in [0.15, 0.2) is 58.5 Å². The van der Waals surface area contributed by atoms with Crippen molar-refractivity contribution in [2.45, 2.75) is 13.8 Å². The van der Waals surface area contributed by atoms with Gasteiger partial charge in [0.05, 0.1) is 11.4 Å². The maximum atomic E-state index is 4.41. The third kappa shape index (κ3) is 2.54. The van der Waals surface area contributed by atoms with Crippen molar-refractivity contribution in [3.05, 3.63) is 48.5 Å². The van der Waals surface area contributed by atoms with E-state index in [1.165, 1.54) is 0 Å². The van der Waals surface area contributed by atoms with Gasteiger partial charge in [-0.3, -0.25) is 9.98 Å². The highest BCUT2D eigenvalue weighted by Crippen LogP contribution is 2.36. The van der Waals surface area contributed by atoms with Crippen molar-refractivity contribution in [1.29, 1.82) is 0 Å². The molecular weight excluding hydrogens is 220 g/mol. The van der Waals surface area contributed by atoms with Gasteiger partial charge in [-0.05, 0) is 26.0 Å². The van der Waals surface area contributed by atoms with E-state index in [-0.39, 0.29) is 0 Å². The third-order valence-corrected chi connectivity index (χ3v) is 2.63. The maximum absolute atomic E-state index is 4.41. The van der Waals surface area contributed by atoms with Gasteiger partial charge in [0, 0.05) is 23.6 Å². The van der Waals surface area contributed by atoms with Crippen LogP contribution in [0.5, 0.6) is 0 Å². The van der Waals surface area contributed by atoms with Crippen LogP contribution < -0.4 is 0 Å². The van der Waals surface area contributed by atoms with E-state index in [2.05, 4.69) is 22.1 Å². The molecule has 0 N–H and O–H groups in total. The van der Waals surface area contributed by atoms with Crippen LogP contribution in [-0.4, -0.2) is 12.4 Å². The van der Waals surface area contributed by atoms with Crippen molar-refractivity contribution in [2.75, 3.05) is 0 Å². The Hall–Kier alpha value is -2.22. The van der Waals surface area contributed by atoms with Gasteiger partial charge in [0.1, 0.15) is 0 Å². The first kappa shape index (κ1) is 12.2. The lowest BCUT2D eigenvalue weighted by atomic mass is 10.0. The van der Waals surface area contributed by atoms with Crippen LogP contribution in [0.1, 0.15) is 13.8 Å². The number of hydrogen-bond acceptors (Lipinski definition) is 2. The van der Waals surface area contributed by atoms with Gasteiger partial charge in [-0.2, -0.15) is 0 Å². The normalized spacial score (nSPS) is 11.4. The molecule has 2 rings (SSSR count). The van der Waals surface area contributed by atoms with Crippen molar-refractivity contribution in [3.63, 3.8) is 0 Å². The molecule has 0 aliphatic heterocycles. The summed E-state index contributed by atoms with van der Waals surface area (Å²) in [5, 5.41) is 0. The molecule has 2 aromatic rings. The van der Waals surface area contributed by atoms with Gasteiger partial charge < -0.3 is 0 Å². The fourth-order valence-corrected chi connectivity index (χ4v) is 1.91. The molecule has 0 heterocycles. The Labute approximate surface area is 108 Å². The second-order valence-corrected chi connectivity index (χ2v) is 3.81. The van der Waals surface area contributed by atoms with Gasteiger partial charge in [-0.1, -0.05) is 36.4 Å². The Kier molecular flexibility index (Phi) is 4.02. The van der Waals surface area contributed by atoms with E-state index in [0.29, 0.717) is 0 Å². The monoisotopic (exact) mass is 236 g/mol. The molecule has 90 valence electrons. The average molecular weight is 236 g/mol. The number of aliphatic imine (C=N–C) groups is 2. The fraction of sp³-hybridized carbons (Fsp3) is 0.125. The van der Waals surface area contributed by atoms with Crippen LogP contribution in [0.25, 0.3) is 11.1 Å². The summed E-state index contributed by atoms with van der Waals surface area (Å²) in [6.45, 7) is 3.85. The molecule has 0 aliphatic rings. The number of para-hydroxylation sites is 2. The minimum absolute atomic E-state index is 0.971. The van der Waals surface area contributed by atoms with E-state index in [1.807, 2.05) is 62.7 Å². The molecule has 0 atom stereocenters. The molecule has 0 saturated carbocycles. The number of benzene rings is 2. The van der Waals surface area contributed by atoms with Crippen molar-refractivity contribution >= 4 is 23.8 Å². The zero-order valence-corrected chi connectivity index (χ0v) is 10.7. The van der Waals surface area contributed by atoms with E-state index in [0.717, 1.165) is 22.5 Å². The largest absolute Gasteiger partial charge is 0.261 e. The van der Waals surface area contributed by atoms with Gasteiger partial charge in [-0.15, -0.1) is 0 Å². The minimum atomic E-state index is 0.971. The first-order valence-electron chi connectivity index (χ1n) is 6.02. The van der Waals surface area contributed by atoms with E-state index < -0.39 is 0 Å². The van der Waals surface area contributed by atoms with Crippen molar-refractivity contribution in [2.24, 2.45) is 9.98 Å². The van der Waals surface area contributed by atoms with Gasteiger partial charge in [0.2, 0.25) is 0 Å². The molecule has 0 radical (unpaired) electrons. The molecule has 0 fully saturated rings. The predicted octanol–water partition coefficient (Wildman–Crippen LogP) is 4.80. The van der Waals surface area contributed by atoms with E-state index in [4.69, 9.17) is 0 Å². The van der Waals surface area contributed by atoms with Gasteiger partial charge in [0.25, 0.3) is 0 Å². The maximum Gasteiger partial charge on any atom is 0.0704 e. The van der Waals surface area contributed by atoms with Gasteiger partial charge >= 0.3 is 0 Å². The summed E-state index contributed by atoms with van der Waals surface area (Å²) >= 11 is 0. The Bertz CT molecular complexity index is 530. The minimum Gasteiger partial charge on any atom is -0.261 e. The highest BCUT2D eigenvalue weighted by Gasteiger charge is 2.06. The van der Waals surface area contributed by atoms with Crippen LogP contribution in [0, 0.1) is 0 Å². The highest BCUT2D eigenvalue weighted by atomic mass is 14.7. The summed E-state index contributed by atoms with van der Waals surface area (Å²) in [7, 11) is 0. The molecule has 0 unspecified atom stereocenters. The Balaban J connectivity index is 2.62. The molecule has 0 saturated heterocycles. The average Bonchev–Trinajstić information content (AvgIpc) is 2.41. The van der Waals surface area contributed by atoms with Crippen LogP contribution in [-0.2, 0) is 0 Å². The molecule has 0 bridgehead atoms. The molecule has 2 heteroatoms. The van der Waals surface area contributed by atoms with Crippen LogP contribution in [0.3, 0.4) is 0 Å². The fourth-order valence-electron chi connectivity index (χ4n) is 1.91. The molecule has 2 nitrogen and oxygen atoms in total. The van der Waals surface area contributed by atoms with Crippen LogP contribution in [0.4, 0.5) is 11.4 Å². The van der Waals surface area contributed by atoms with E-state index in [1.54, 1.807) is 0 Å². The third-order valence-electron chi connectivity index (χ3n) is 2.63. The molecule has 2 aromatic carbocycles. The summed E-state index contributed by atoms with van der Waals surface area (Å²) in [4.78, 5) is 8.81. The zero-order chi connectivity index (χ0) is 12.8. The molecule has 0 amide bonds. The smallest absolute Gasteiger partial charge is 0.0704 e. The Morgan fingerprint density at radius 1 is 0.667 bits per heavy atom. The first-order valence-corrected chi connectivity index (χ1v) is 6.02. The number of hydrogen-bond donors (Lipinski definition) is 0. The molecule has 0 spiro atoms. The lowest BCUT2D eigenvalue weighted by molar-refractivity contribution is 1.47. The van der Waals surface area contributed by atoms with Crippen LogP contribution in [0.2, 0.25) is 0 Å². The topological polar surface area (TPSA) is 24.7 Å². The Morgan fingerprint density at radius 2 is 1.06 bits per heavy atom. The number of nitrogens with zero attached hydrogens (tertiary/aromatic N) is 2. The predicted molar refractivity (Wildman–Crippen MR) is 79.5 cm³/mol. The van der Waals surface area contributed by atoms with E-state index >= 15 is 0 Å². The second-order valence-electron chi connectivity index (χ2n) is 3.81. The highest BCUT2D eigenvalue weighted by molar-refractivity contribution is 5.86. The van der Waals surface area contributed by atoms with Crippen molar-refractivity contribution in [1.82, 2.24) is 0 Å². The summed E-state index contributed by atoms with van der Waals surface area (Å²) in [5.74, 6) is 0. The standard InChI is InChI=1S/C16H16N2/c1-3-17-15-11-7-5-9-13(15)14-10-6-8-12-16(14)18-4-2/h3-12H,1-2H3. The quantitative estimate of drug-likeness (QED) is 0.684. The van der Waals surface area contributed by atoms with Gasteiger partial charge in [-0.25, -0.2) is 0 Å². The summed E-state index contributed by atoms with van der Waals surface area (Å²) < 4.78 is 0. The number of rotatable bonds is 3. The molecular formula is C16H16N2. The zero-order valence-electron chi connectivity index (χ0n) is 10.7. The SMILES string of the molecule is CC=Nc1ccccc1-c1ccccc1N=CC. The molecule has 0 aromatic heterocycles. The van der Waals surface area contributed by atoms with Gasteiger partial charge in [0.15, 0.2) is 0 Å². The lowest BCUT2D eigenvalue weighted by Gasteiger charge is -2.08. The van der Waals surface area contributed by atoms with Crippen LogP contribution >= 0.6 is 0 Å². The first-order chi connectivity index (χ1) is 8.86. The van der Waals surface area contributed by atoms with E-state index in [9.17, 15) is 0 Å². The Morgan fingerprint density at radius 3 is 1.44 bits per heavy atom. The summed E-state index contributed by atoms with van der Waals surface area (Å²) in [6.07, 6.45) is 3.62. The lowest BCUT2D eigenvalue weighted by Crippen LogP contribution is -1.80. The molecule has 18 heavy (non-hydrogen) atoms.